The van der Waals surface area contributed by atoms with Gasteiger partial charge in [0.1, 0.15) is 11.9 Å². The molecule has 0 bridgehead atoms. The minimum absolute atomic E-state index is 0.206. The lowest BCUT2D eigenvalue weighted by molar-refractivity contribution is -0.119. The number of anilines is 1. The number of hydrogen-bond donors (Lipinski definition) is 1. The van der Waals surface area contributed by atoms with Crippen LogP contribution in [0.15, 0.2) is 36.5 Å². The van der Waals surface area contributed by atoms with Crippen molar-refractivity contribution in [2.24, 2.45) is 0 Å². The molecule has 8 heteroatoms. The van der Waals surface area contributed by atoms with Gasteiger partial charge in [-0.25, -0.2) is 14.2 Å². The molecule has 0 radical (unpaired) electrons. The maximum Gasteiger partial charge on any atom is 0.414 e. The molecule has 1 aliphatic rings. The highest BCUT2D eigenvalue weighted by molar-refractivity contribution is 5.90. The van der Waals surface area contributed by atoms with Crippen molar-refractivity contribution in [3.05, 3.63) is 42.3 Å². The van der Waals surface area contributed by atoms with Crippen LogP contribution in [0.5, 0.6) is 5.88 Å². The van der Waals surface area contributed by atoms with Crippen molar-refractivity contribution < 1.29 is 23.5 Å². The summed E-state index contributed by atoms with van der Waals surface area (Å²) in [5.41, 5.74) is 1.36. The molecular formula is C18H18FN3O4. The summed E-state index contributed by atoms with van der Waals surface area (Å²) in [6, 6.07) is 7.86. The summed E-state index contributed by atoms with van der Waals surface area (Å²) in [6.45, 7) is 1.84. The van der Waals surface area contributed by atoms with E-state index in [-0.39, 0.29) is 19.0 Å². The fraction of sp³-hybridized carbons (Fsp3) is 0.278. The van der Waals surface area contributed by atoms with E-state index < -0.39 is 18.0 Å². The van der Waals surface area contributed by atoms with Crippen LogP contribution < -0.4 is 15.0 Å². The summed E-state index contributed by atoms with van der Waals surface area (Å²) in [5, 5.41) is 2.60. The molecule has 26 heavy (non-hydrogen) atoms. The summed E-state index contributed by atoms with van der Waals surface area (Å²) in [4.78, 5) is 28.4. The van der Waals surface area contributed by atoms with Gasteiger partial charge in [-0.05, 0) is 24.3 Å². The first kappa shape index (κ1) is 17.7. The zero-order valence-electron chi connectivity index (χ0n) is 14.4. The number of ether oxygens (including phenoxy) is 2. The normalized spacial score (nSPS) is 16.3. The number of amides is 2. The molecule has 1 aromatic carbocycles. The van der Waals surface area contributed by atoms with Crippen LogP contribution in [0.4, 0.5) is 14.9 Å². The van der Waals surface area contributed by atoms with Crippen molar-refractivity contribution in [3.8, 4) is 17.0 Å². The number of halogens is 1. The molecule has 0 aliphatic carbocycles. The van der Waals surface area contributed by atoms with Crippen LogP contribution in [0, 0.1) is 5.82 Å². The van der Waals surface area contributed by atoms with Crippen molar-refractivity contribution >= 4 is 17.7 Å². The Balaban J connectivity index is 1.76. The molecule has 7 nitrogen and oxygen atoms in total. The van der Waals surface area contributed by atoms with Gasteiger partial charge in [0.25, 0.3) is 0 Å². The first-order valence-corrected chi connectivity index (χ1v) is 8.00. The first-order chi connectivity index (χ1) is 12.5. The molecule has 1 aliphatic heterocycles. The molecule has 0 spiro atoms. The van der Waals surface area contributed by atoms with Gasteiger partial charge in [-0.15, -0.1) is 0 Å². The minimum atomic E-state index is -0.571. The zero-order valence-corrected chi connectivity index (χ0v) is 14.4. The zero-order chi connectivity index (χ0) is 18.7. The van der Waals surface area contributed by atoms with Crippen LogP contribution >= 0.6 is 0 Å². The van der Waals surface area contributed by atoms with Gasteiger partial charge in [-0.2, -0.15) is 0 Å². The third kappa shape index (κ3) is 3.74. The Kier molecular flexibility index (Phi) is 5.01. The number of carbonyl (C=O) groups excluding carboxylic acids is 2. The summed E-state index contributed by atoms with van der Waals surface area (Å²) >= 11 is 0. The minimum Gasteiger partial charge on any atom is -0.481 e. The van der Waals surface area contributed by atoms with Gasteiger partial charge in [0.2, 0.25) is 11.8 Å². The second-order valence-electron chi connectivity index (χ2n) is 5.81. The van der Waals surface area contributed by atoms with E-state index in [1.807, 2.05) is 0 Å². The maximum absolute atomic E-state index is 14.6. The van der Waals surface area contributed by atoms with Crippen LogP contribution in [0.1, 0.15) is 6.92 Å². The highest BCUT2D eigenvalue weighted by Crippen LogP contribution is 2.29. The van der Waals surface area contributed by atoms with Gasteiger partial charge >= 0.3 is 6.09 Å². The summed E-state index contributed by atoms with van der Waals surface area (Å²) in [6.07, 6.45) is 0.475. The molecule has 1 saturated heterocycles. The highest BCUT2D eigenvalue weighted by Gasteiger charge is 2.32. The number of nitrogens with one attached hydrogen (secondary N) is 1. The Hall–Kier alpha value is -3.16. The molecule has 1 aromatic heterocycles. The number of pyridine rings is 1. The molecule has 2 heterocycles. The molecule has 1 fully saturated rings. The molecule has 0 unspecified atom stereocenters. The van der Waals surface area contributed by atoms with E-state index in [9.17, 15) is 14.0 Å². The van der Waals surface area contributed by atoms with Gasteiger partial charge in [0.15, 0.2) is 0 Å². The van der Waals surface area contributed by atoms with Crippen molar-refractivity contribution in [1.29, 1.82) is 0 Å². The number of aromatic nitrogens is 1. The number of hydrogen-bond acceptors (Lipinski definition) is 5. The first-order valence-electron chi connectivity index (χ1n) is 8.00. The van der Waals surface area contributed by atoms with E-state index in [0.717, 1.165) is 0 Å². The second-order valence-corrected chi connectivity index (χ2v) is 5.81. The SMILES string of the molecule is COc1ccc(-c2ccc(N3C[C@H](CNC(C)=O)OC3=O)cc2F)cn1. The fourth-order valence-electron chi connectivity index (χ4n) is 2.66. The quantitative estimate of drug-likeness (QED) is 0.886. The summed E-state index contributed by atoms with van der Waals surface area (Å²) < 4.78 is 24.7. The third-order valence-electron chi connectivity index (χ3n) is 3.97. The number of cyclic esters (lactones) is 1. The van der Waals surface area contributed by atoms with Gasteiger partial charge in [0.05, 0.1) is 25.9 Å². The van der Waals surface area contributed by atoms with E-state index in [0.29, 0.717) is 22.7 Å². The Labute approximate surface area is 149 Å². The Morgan fingerprint density at radius 1 is 1.42 bits per heavy atom. The number of nitrogens with zero attached hydrogens (tertiary/aromatic N) is 2. The lowest BCUT2D eigenvalue weighted by Crippen LogP contribution is -2.33. The highest BCUT2D eigenvalue weighted by atomic mass is 19.1. The fourth-order valence-corrected chi connectivity index (χ4v) is 2.66. The third-order valence-corrected chi connectivity index (χ3v) is 3.97. The van der Waals surface area contributed by atoms with Crippen LogP contribution in [0.3, 0.4) is 0 Å². The molecule has 1 atom stereocenters. The lowest BCUT2D eigenvalue weighted by atomic mass is 10.1. The standard InChI is InChI=1S/C18H18FN3O4/c1-11(23)20-9-14-10-22(18(24)26-14)13-4-5-15(16(19)7-13)12-3-6-17(25-2)21-8-12/h3-8,14H,9-10H2,1-2H3,(H,20,23)/t14-/m0/s1. The van der Waals surface area contributed by atoms with Gasteiger partial charge < -0.3 is 14.8 Å². The van der Waals surface area contributed by atoms with E-state index >= 15 is 0 Å². The van der Waals surface area contributed by atoms with E-state index in [1.165, 1.54) is 31.2 Å². The Morgan fingerprint density at radius 3 is 2.85 bits per heavy atom. The van der Waals surface area contributed by atoms with Gasteiger partial charge in [0, 0.05) is 30.3 Å². The Morgan fingerprint density at radius 2 is 2.23 bits per heavy atom. The summed E-state index contributed by atoms with van der Waals surface area (Å²) in [5.74, 6) is -0.244. The van der Waals surface area contributed by atoms with Crippen molar-refractivity contribution in [2.75, 3.05) is 25.1 Å². The van der Waals surface area contributed by atoms with Crippen LogP contribution in [0.2, 0.25) is 0 Å². The second kappa shape index (κ2) is 7.38. The topological polar surface area (TPSA) is 80.8 Å². The number of rotatable bonds is 5. The molecule has 0 saturated carbocycles. The monoisotopic (exact) mass is 359 g/mol. The average Bonchev–Trinajstić information content (AvgIpc) is 3.01. The van der Waals surface area contributed by atoms with E-state index in [2.05, 4.69) is 10.3 Å². The molecular weight excluding hydrogens is 341 g/mol. The predicted molar refractivity (Wildman–Crippen MR) is 92.5 cm³/mol. The molecule has 3 rings (SSSR count). The molecule has 2 amide bonds. The Bertz CT molecular complexity index is 826. The van der Waals surface area contributed by atoms with E-state index in [4.69, 9.17) is 9.47 Å². The van der Waals surface area contributed by atoms with Crippen LogP contribution in [-0.2, 0) is 9.53 Å². The summed E-state index contributed by atoms with van der Waals surface area (Å²) in [7, 11) is 1.51. The largest absolute Gasteiger partial charge is 0.481 e. The van der Waals surface area contributed by atoms with Crippen molar-refractivity contribution in [2.45, 2.75) is 13.0 Å². The van der Waals surface area contributed by atoms with Gasteiger partial charge in [-0.1, -0.05) is 0 Å². The van der Waals surface area contributed by atoms with Crippen LogP contribution in [-0.4, -0.2) is 43.3 Å². The number of carbonyl (C=O) groups is 2. The predicted octanol–water partition coefficient (Wildman–Crippen LogP) is 2.36. The van der Waals surface area contributed by atoms with Crippen molar-refractivity contribution in [3.63, 3.8) is 0 Å². The molecule has 136 valence electrons. The van der Waals surface area contributed by atoms with Gasteiger partial charge in [-0.3, -0.25) is 9.69 Å². The number of methoxy groups -OCH3 is 1. The van der Waals surface area contributed by atoms with E-state index in [1.54, 1.807) is 24.3 Å². The maximum atomic E-state index is 14.6. The lowest BCUT2D eigenvalue weighted by Gasteiger charge is -2.14. The average molecular weight is 359 g/mol. The van der Waals surface area contributed by atoms with Crippen molar-refractivity contribution in [1.82, 2.24) is 10.3 Å². The molecule has 1 N–H and O–H groups in total. The number of benzene rings is 1. The van der Waals surface area contributed by atoms with Crippen LogP contribution in [0.25, 0.3) is 11.1 Å². The molecule has 2 aromatic rings. The smallest absolute Gasteiger partial charge is 0.414 e.